The second-order valence-corrected chi connectivity index (χ2v) is 8.48. The van der Waals surface area contributed by atoms with Crippen LogP contribution >= 0.6 is 0 Å². The molecule has 0 bridgehead atoms. The Bertz CT molecular complexity index is 1170. The van der Waals surface area contributed by atoms with Crippen LogP contribution in [-0.2, 0) is 6.54 Å². The van der Waals surface area contributed by atoms with E-state index in [4.69, 9.17) is 4.42 Å². The van der Waals surface area contributed by atoms with Gasteiger partial charge in [-0.15, -0.1) is 0 Å². The molecule has 0 aliphatic carbocycles. The van der Waals surface area contributed by atoms with Crippen LogP contribution in [0.2, 0.25) is 0 Å². The highest BCUT2D eigenvalue weighted by atomic mass is 16.3. The molecule has 0 aromatic carbocycles. The zero-order valence-corrected chi connectivity index (χ0v) is 18.8. The summed E-state index contributed by atoms with van der Waals surface area (Å²) < 4.78 is 9.02. The molecular weight excluding hydrogens is 380 g/mol. The van der Waals surface area contributed by atoms with Gasteiger partial charge in [-0.25, -0.2) is 4.98 Å². The van der Waals surface area contributed by atoms with E-state index in [1.54, 1.807) is 27.1 Å². The van der Waals surface area contributed by atoms with Gasteiger partial charge in [0.05, 0.1) is 5.69 Å². The van der Waals surface area contributed by atoms with Crippen molar-refractivity contribution in [2.24, 2.45) is 5.92 Å². The lowest BCUT2D eigenvalue weighted by atomic mass is 10.1. The van der Waals surface area contributed by atoms with Gasteiger partial charge in [0.2, 0.25) is 5.65 Å². The van der Waals surface area contributed by atoms with E-state index in [1.807, 2.05) is 46.0 Å². The average molecular weight is 411 g/mol. The minimum atomic E-state index is -0.242. The molecule has 1 amide bonds. The van der Waals surface area contributed by atoms with Crippen LogP contribution in [0.5, 0.6) is 0 Å². The number of amides is 1. The number of hydrogen-bond donors (Lipinski definition) is 0. The second-order valence-electron chi connectivity index (χ2n) is 8.48. The number of aromatic nitrogens is 3. The predicted octanol–water partition coefficient (Wildman–Crippen LogP) is 4.07. The summed E-state index contributed by atoms with van der Waals surface area (Å²) in [6.45, 7) is 12.9. The molecule has 7 nitrogen and oxygen atoms in total. The summed E-state index contributed by atoms with van der Waals surface area (Å²) in [6.07, 6.45) is 5.47. The summed E-state index contributed by atoms with van der Waals surface area (Å²) >= 11 is 0. The molecule has 0 aliphatic heterocycles. The molecule has 3 rings (SSSR count). The number of rotatable bonds is 6. The molecule has 160 valence electrons. The van der Waals surface area contributed by atoms with Gasteiger partial charge in [-0.3, -0.25) is 18.6 Å². The number of hydrogen-bond acceptors (Lipinski definition) is 4. The highest BCUT2D eigenvalue weighted by Gasteiger charge is 2.21. The minimum absolute atomic E-state index is 0.195. The molecule has 0 N–H and O–H groups in total. The Morgan fingerprint density at radius 2 is 1.97 bits per heavy atom. The van der Waals surface area contributed by atoms with Gasteiger partial charge in [0.25, 0.3) is 11.5 Å². The SMILES string of the molecule is CC(C)=CCn1c(-c2cc(C)oc2C)cn2cc(C(=O)N(C)CC(C)C)nc2c1=O. The molecule has 0 unspecified atom stereocenters. The molecule has 0 aliphatic rings. The van der Waals surface area contributed by atoms with E-state index in [0.717, 1.165) is 28.4 Å². The molecule has 0 saturated carbocycles. The van der Waals surface area contributed by atoms with Crippen molar-refractivity contribution in [1.82, 2.24) is 18.9 Å². The molecule has 0 fully saturated rings. The maximum atomic E-state index is 13.3. The number of nitrogens with zero attached hydrogens (tertiary/aromatic N) is 4. The minimum Gasteiger partial charge on any atom is -0.466 e. The molecule has 30 heavy (non-hydrogen) atoms. The molecular formula is C23H30N4O3. The first-order chi connectivity index (χ1) is 14.1. The summed E-state index contributed by atoms with van der Waals surface area (Å²) in [5.41, 5.74) is 2.95. The Balaban J connectivity index is 2.19. The highest BCUT2D eigenvalue weighted by Crippen LogP contribution is 2.26. The number of carbonyl (C=O) groups is 1. The summed E-state index contributed by atoms with van der Waals surface area (Å²) in [5.74, 6) is 1.67. The molecule has 0 radical (unpaired) electrons. The van der Waals surface area contributed by atoms with Crippen molar-refractivity contribution in [2.45, 2.75) is 48.1 Å². The normalized spacial score (nSPS) is 11.3. The van der Waals surface area contributed by atoms with Crippen LogP contribution in [0.1, 0.15) is 49.7 Å². The fraction of sp³-hybridized carbons (Fsp3) is 0.435. The van der Waals surface area contributed by atoms with Crippen molar-refractivity contribution in [1.29, 1.82) is 0 Å². The van der Waals surface area contributed by atoms with Gasteiger partial charge < -0.3 is 9.32 Å². The van der Waals surface area contributed by atoms with Crippen LogP contribution in [0.15, 0.2) is 39.3 Å². The van der Waals surface area contributed by atoms with Crippen molar-refractivity contribution >= 4 is 11.6 Å². The van der Waals surface area contributed by atoms with Crippen LogP contribution in [-0.4, -0.2) is 38.4 Å². The van der Waals surface area contributed by atoms with Crippen molar-refractivity contribution in [3.63, 3.8) is 0 Å². The Morgan fingerprint density at radius 1 is 1.27 bits per heavy atom. The lowest BCUT2D eigenvalue weighted by Gasteiger charge is -2.17. The molecule has 3 heterocycles. The van der Waals surface area contributed by atoms with Gasteiger partial charge in [0.15, 0.2) is 0 Å². The third-order valence-electron chi connectivity index (χ3n) is 4.92. The van der Waals surface area contributed by atoms with E-state index >= 15 is 0 Å². The number of aryl methyl sites for hydroxylation is 2. The third-order valence-corrected chi connectivity index (χ3v) is 4.92. The summed E-state index contributed by atoms with van der Waals surface area (Å²) in [6, 6.07) is 1.92. The van der Waals surface area contributed by atoms with Crippen molar-refractivity contribution in [2.75, 3.05) is 13.6 Å². The summed E-state index contributed by atoms with van der Waals surface area (Å²) in [4.78, 5) is 32.1. The summed E-state index contributed by atoms with van der Waals surface area (Å²) in [7, 11) is 1.75. The maximum Gasteiger partial charge on any atom is 0.295 e. The second kappa shape index (κ2) is 8.34. The standard InChI is InChI=1S/C23H30N4O3/c1-14(2)8-9-27-20(18-10-16(5)30-17(18)6)13-26-12-19(24-21(26)23(27)29)22(28)25(7)11-15(3)4/h8,10,12-13,15H,9,11H2,1-7H3. The van der Waals surface area contributed by atoms with Crippen LogP contribution in [0.3, 0.4) is 0 Å². The number of carbonyl (C=O) groups excluding carboxylic acids is 1. The first-order valence-corrected chi connectivity index (χ1v) is 10.2. The van der Waals surface area contributed by atoms with E-state index < -0.39 is 0 Å². The van der Waals surface area contributed by atoms with Gasteiger partial charge >= 0.3 is 0 Å². The van der Waals surface area contributed by atoms with E-state index in [0.29, 0.717) is 19.0 Å². The van der Waals surface area contributed by atoms with E-state index in [1.165, 1.54) is 0 Å². The number of imidazole rings is 1. The van der Waals surface area contributed by atoms with Gasteiger partial charge in [-0.05, 0) is 39.7 Å². The van der Waals surface area contributed by atoms with Crippen molar-refractivity contribution in [3.05, 3.63) is 57.7 Å². The van der Waals surface area contributed by atoms with Crippen molar-refractivity contribution in [3.8, 4) is 11.3 Å². The van der Waals surface area contributed by atoms with E-state index in [9.17, 15) is 9.59 Å². The molecule has 7 heteroatoms. The smallest absolute Gasteiger partial charge is 0.295 e. The van der Waals surface area contributed by atoms with E-state index in [-0.39, 0.29) is 22.8 Å². The van der Waals surface area contributed by atoms with Gasteiger partial charge in [0.1, 0.15) is 17.2 Å². The largest absolute Gasteiger partial charge is 0.466 e. The third kappa shape index (κ3) is 4.25. The highest BCUT2D eigenvalue weighted by molar-refractivity contribution is 5.92. The molecule has 3 aromatic rings. The molecule has 3 aromatic heterocycles. The Kier molecular flexibility index (Phi) is 6.01. The first kappa shape index (κ1) is 21.6. The van der Waals surface area contributed by atoms with Gasteiger partial charge in [0, 0.05) is 38.1 Å². The number of allylic oxidation sites excluding steroid dienone is 2. The fourth-order valence-electron chi connectivity index (χ4n) is 3.57. The van der Waals surface area contributed by atoms with Gasteiger partial charge in [-0.1, -0.05) is 25.5 Å². The van der Waals surface area contributed by atoms with Crippen LogP contribution in [0.25, 0.3) is 16.9 Å². The first-order valence-electron chi connectivity index (χ1n) is 10.2. The zero-order valence-electron chi connectivity index (χ0n) is 18.8. The number of fused-ring (bicyclic) bond motifs is 1. The zero-order chi connectivity index (χ0) is 22.2. The summed E-state index contributed by atoms with van der Waals surface area (Å²) in [5, 5.41) is 0. The Hall–Kier alpha value is -3.09. The van der Waals surface area contributed by atoms with E-state index in [2.05, 4.69) is 18.8 Å². The Morgan fingerprint density at radius 3 is 2.53 bits per heavy atom. The fourth-order valence-corrected chi connectivity index (χ4v) is 3.57. The Labute approximate surface area is 176 Å². The molecule has 0 atom stereocenters. The molecule has 0 spiro atoms. The van der Waals surface area contributed by atoms with Crippen LogP contribution < -0.4 is 5.56 Å². The average Bonchev–Trinajstić information content (AvgIpc) is 3.22. The lowest BCUT2D eigenvalue weighted by Crippen LogP contribution is -2.30. The van der Waals surface area contributed by atoms with Crippen LogP contribution in [0, 0.1) is 19.8 Å². The number of furan rings is 1. The van der Waals surface area contributed by atoms with Crippen molar-refractivity contribution < 1.29 is 9.21 Å². The maximum absolute atomic E-state index is 13.3. The topological polar surface area (TPSA) is 72.8 Å². The lowest BCUT2D eigenvalue weighted by molar-refractivity contribution is 0.0774. The van der Waals surface area contributed by atoms with Gasteiger partial charge in [-0.2, -0.15) is 0 Å². The monoisotopic (exact) mass is 410 g/mol. The predicted molar refractivity (Wildman–Crippen MR) is 118 cm³/mol. The van der Waals surface area contributed by atoms with Crippen LogP contribution in [0.4, 0.5) is 0 Å². The quantitative estimate of drug-likeness (QED) is 0.574. The molecule has 0 saturated heterocycles.